The van der Waals surface area contributed by atoms with Crippen molar-refractivity contribution in [1.82, 2.24) is 19.8 Å². The van der Waals surface area contributed by atoms with E-state index >= 15 is 0 Å². The van der Waals surface area contributed by atoms with Gasteiger partial charge in [-0.15, -0.1) is 10.2 Å². The van der Waals surface area contributed by atoms with Gasteiger partial charge in [0, 0.05) is 12.6 Å². The molecule has 2 N–H and O–H groups in total. The summed E-state index contributed by atoms with van der Waals surface area (Å²) in [6.07, 6.45) is 1.96. The van der Waals surface area contributed by atoms with Crippen LogP contribution in [-0.4, -0.2) is 57.4 Å². The van der Waals surface area contributed by atoms with E-state index in [2.05, 4.69) is 10.2 Å². The van der Waals surface area contributed by atoms with Crippen LogP contribution in [0.25, 0.3) is 11.6 Å². The smallest absolute Gasteiger partial charge is 0.233 e. The fourth-order valence-electron chi connectivity index (χ4n) is 3.38. The zero-order valence-electron chi connectivity index (χ0n) is 16.0. The van der Waals surface area contributed by atoms with Crippen molar-refractivity contribution in [1.29, 1.82) is 0 Å². The maximum absolute atomic E-state index is 13.1. The fourth-order valence-corrected chi connectivity index (χ4v) is 5.85. The number of amides is 1. The van der Waals surface area contributed by atoms with Crippen LogP contribution < -0.4 is 5.84 Å². The number of thioether (sulfide) groups is 1. The zero-order valence-corrected chi connectivity index (χ0v) is 17.7. The lowest BCUT2D eigenvalue weighted by Gasteiger charge is -2.28. The minimum absolute atomic E-state index is 0.00798. The Hall–Kier alpha value is -2.79. The van der Waals surface area contributed by atoms with Crippen molar-refractivity contribution in [3.8, 4) is 11.6 Å². The molecule has 0 radical (unpaired) electrons. The third-order valence-corrected chi connectivity index (χ3v) is 7.57. The first-order valence-electron chi connectivity index (χ1n) is 9.34. The summed E-state index contributed by atoms with van der Waals surface area (Å²) < 4.78 is 30.5. The Balaban J connectivity index is 1.48. The first-order chi connectivity index (χ1) is 14.4. The second-order valence-corrected chi connectivity index (χ2v) is 10.2. The maximum atomic E-state index is 13.1. The molecule has 4 rings (SSSR count). The van der Waals surface area contributed by atoms with Crippen LogP contribution in [0.2, 0.25) is 0 Å². The lowest BCUT2D eigenvalue weighted by atomic mass is 10.1. The molecule has 2 aromatic heterocycles. The number of carbonyl (C=O) groups excluding carboxylic acids is 1. The number of hydrogen-bond acceptors (Lipinski definition) is 8. The van der Waals surface area contributed by atoms with Gasteiger partial charge in [-0.3, -0.25) is 4.79 Å². The summed E-state index contributed by atoms with van der Waals surface area (Å²) in [6.45, 7) is 0.355. The average molecular weight is 448 g/mol. The fraction of sp³-hybridized carbons (Fsp3) is 0.316. The molecule has 1 fully saturated rings. The van der Waals surface area contributed by atoms with Crippen molar-refractivity contribution in [2.75, 3.05) is 23.1 Å². The van der Waals surface area contributed by atoms with Crippen molar-refractivity contribution in [2.45, 2.75) is 24.2 Å². The van der Waals surface area contributed by atoms with Gasteiger partial charge in [0.2, 0.25) is 16.9 Å². The van der Waals surface area contributed by atoms with Crippen molar-refractivity contribution in [3.05, 3.63) is 54.3 Å². The quantitative estimate of drug-likeness (QED) is 0.427. The molecule has 0 bridgehead atoms. The highest BCUT2D eigenvalue weighted by Gasteiger charge is 2.34. The summed E-state index contributed by atoms with van der Waals surface area (Å²) in [5.41, 5.74) is 0.947. The van der Waals surface area contributed by atoms with Crippen molar-refractivity contribution in [3.63, 3.8) is 0 Å². The lowest BCUT2D eigenvalue weighted by molar-refractivity contribution is -0.130. The number of sulfone groups is 1. The summed E-state index contributed by atoms with van der Waals surface area (Å²) in [7, 11) is -3.12. The average Bonchev–Trinajstić information content (AvgIpc) is 3.45. The van der Waals surface area contributed by atoms with Gasteiger partial charge in [0.15, 0.2) is 15.6 Å². The molecular formula is C19H21N5O4S2. The topological polar surface area (TPSA) is 124 Å². The van der Waals surface area contributed by atoms with Gasteiger partial charge in [-0.1, -0.05) is 42.1 Å². The van der Waals surface area contributed by atoms with Gasteiger partial charge in [-0.05, 0) is 24.1 Å². The first-order valence-corrected chi connectivity index (χ1v) is 12.1. The van der Waals surface area contributed by atoms with Gasteiger partial charge >= 0.3 is 0 Å². The number of aromatic nitrogens is 3. The number of furan rings is 1. The Bertz CT molecular complexity index is 1110. The molecule has 30 heavy (non-hydrogen) atoms. The molecule has 1 aliphatic heterocycles. The van der Waals surface area contributed by atoms with Crippen molar-refractivity contribution >= 4 is 27.5 Å². The predicted molar refractivity (Wildman–Crippen MR) is 113 cm³/mol. The number of nitrogens with two attached hydrogens (primary N) is 1. The van der Waals surface area contributed by atoms with E-state index in [-0.39, 0.29) is 29.2 Å². The summed E-state index contributed by atoms with van der Waals surface area (Å²) in [6, 6.07) is 12.6. The summed E-state index contributed by atoms with van der Waals surface area (Å²) in [4.78, 5) is 14.7. The normalized spacial score (nSPS) is 17.8. The highest BCUT2D eigenvalue weighted by molar-refractivity contribution is 7.99. The predicted octanol–water partition coefficient (Wildman–Crippen LogP) is 1.56. The molecule has 1 amide bonds. The second kappa shape index (κ2) is 8.52. The van der Waals surface area contributed by atoms with Crippen LogP contribution in [0.1, 0.15) is 12.0 Å². The summed E-state index contributed by atoms with van der Waals surface area (Å²) >= 11 is 1.15. The third kappa shape index (κ3) is 4.51. The van der Waals surface area contributed by atoms with Crippen LogP contribution in [0.4, 0.5) is 0 Å². The van der Waals surface area contributed by atoms with Crippen LogP contribution in [0, 0.1) is 0 Å². The van der Waals surface area contributed by atoms with Gasteiger partial charge in [0.05, 0.1) is 23.5 Å². The molecule has 1 atom stereocenters. The molecule has 3 aromatic rings. The van der Waals surface area contributed by atoms with E-state index in [1.54, 1.807) is 17.0 Å². The number of benzene rings is 1. The van der Waals surface area contributed by atoms with Crippen molar-refractivity contribution < 1.29 is 17.6 Å². The molecule has 11 heteroatoms. The standard InChI is InChI=1S/C19H21N5O4S2/c20-24-18(16-7-4-9-28-16)21-22-19(24)29-12-17(25)23(11-14-5-2-1-3-6-14)15-8-10-30(26,27)13-15/h1-7,9,15H,8,10-13,20H2/t15-/m0/s1. The largest absolute Gasteiger partial charge is 0.461 e. The Morgan fingerprint density at radius 1 is 1.23 bits per heavy atom. The van der Waals surface area contributed by atoms with Gasteiger partial charge in [0.25, 0.3) is 0 Å². The van der Waals surface area contributed by atoms with E-state index in [0.29, 0.717) is 29.7 Å². The number of rotatable bonds is 7. The van der Waals surface area contributed by atoms with Gasteiger partial charge in [-0.2, -0.15) is 0 Å². The summed E-state index contributed by atoms with van der Waals surface area (Å²) in [5.74, 6) is 6.87. The molecule has 1 aliphatic rings. The highest BCUT2D eigenvalue weighted by Crippen LogP contribution is 2.25. The first kappa shape index (κ1) is 20.5. The Morgan fingerprint density at radius 3 is 2.70 bits per heavy atom. The zero-order chi connectivity index (χ0) is 21.1. The Morgan fingerprint density at radius 2 is 2.03 bits per heavy atom. The molecule has 1 saturated heterocycles. The SMILES string of the molecule is Nn1c(SCC(=O)N(Cc2ccccc2)[C@H]2CCS(=O)(=O)C2)nnc1-c1ccco1. The maximum Gasteiger partial charge on any atom is 0.233 e. The van der Waals surface area contributed by atoms with E-state index in [1.807, 2.05) is 30.3 Å². The molecule has 9 nitrogen and oxygen atoms in total. The number of nitrogens with zero attached hydrogens (tertiary/aromatic N) is 4. The minimum Gasteiger partial charge on any atom is -0.461 e. The number of carbonyl (C=O) groups is 1. The van der Waals surface area contributed by atoms with Crippen LogP contribution in [0.3, 0.4) is 0 Å². The van der Waals surface area contributed by atoms with Crippen LogP contribution >= 0.6 is 11.8 Å². The molecule has 0 spiro atoms. The van der Waals surface area contributed by atoms with E-state index in [0.717, 1.165) is 17.3 Å². The Kier molecular flexibility index (Phi) is 5.82. The van der Waals surface area contributed by atoms with Gasteiger partial charge in [0.1, 0.15) is 0 Å². The number of nitrogen functional groups attached to an aromatic ring is 1. The molecule has 0 aliphatic carbocycles. The van der Waals surface area contributed by atoms with Gasteiger partial charge in [-0.25, -0.2) is 13.1 Å². The second-order valence-electron chi connectivity index (χ2n) is 7.01. The monoisotopic (exact) mass is 447 g/mol. The third-order valence-electron chi connectivity index (χ3n) is 4.90. The van der Waals surface area contributed by atoms with Crippen molar-refractivity contribution in [2.24, 2.45) is 0 Å². The van der Waals surface area contributed by atoms with Crippen LogP contribution in [0.15, 0.2) is 58.3 Å². The Labute approximate surface area is 178 Å². The van der Waals surface area contributed by atoms with E-state index in [4.69, 9.17) is 10.3 Å². The van der Waals surface area contributed by atoms with Gasteiger partial charge < -0.3 is 15.2 Å². The number of hydrogen-bond donors (Lipinski definition) is 1. The molecule has 158 valence electrons. The molecule has 0 saturated carbocycles. The molecular weight excluding hydrogens is 426 g/mol. The van der Waals surface area contributed by atoms with E-state index < -0.39 is 9.84 Å². The van der Waals surface area contributed by atoms with Crippen LogP contribution in [-0.2, 0) is 21.2 Å². The molecule has 3 heterocycles. The highest BCUT2D eigenvalue weighted by atomic mass is 32.2. The molecule has 0 unspecified atom stereocenters. The summed E-state index contributed by atoms with van der Waals surface area (Å²) in [5, 5.41) is 8.42. The lowest BCUT2D eigenvalue weighted by Crippen LogP contribution is -2.41. The van der Waals surface area contributed by atoms with Crippen LogP contribution in [0.5, 0.6) is 0 Å². The van der Waals surface area contributed by atoms with E-state index in [9.17, 15) is 13.2 Å². The van der Waals surface area contributed by atoms with E-state index in [1.165, 1.54) is 10.9 Å². The minimum atomic E-state index is -3.12. The molecule has 1 aromatic carbocycles.